The molecule has 0 unspecified atom stereocenters. The molecule has 0 aromatic carbocycles. The molecule has 1 aromatic heterocycles. The molecule has 0 aliphatic heterocycles. The van der Waals surface area contributed by atoms with E-state index in [9.17, 15) is 0 Å². The van der Waals surface area contributed by atoms with Gasteiger partial charge in [-0.15, -0.1) is 0 Å². The second-order valence-electron chi connectivity index (χ2n) is 1.72. The minimum atomic E-state index is 0.637. The predicted molar refractivity (Wildman–Crippen MR) is 35.2 cm³/mol. The summed E-state index contributed by atoms with van der Waals surface area (Å²) in [5.41, 5.74) is 1.44. The summed E-state index contributed by atoms with van der Waals surface area (Å²) in [7, 11) is 0. The number of nitrogens with zero attached hydrogens (tertiary/aromatic N) is 2. The Morgan fingerprint density at radius 1 is 1.67 bits per heavy atom. The highest BCUT2D eigenvalue weighted by Gasteiger charge is 1.92. The fraction of sp³-hybridized carbons (Fsp3) is 0.143. The van der Waals surface area contributed by atoms with Crippen molar-refractivity contribution in [3.8, 4) is 0 Å². The second kappa shape index (κ2) is 2.27. The lowest BCUT2D eigenvalue weighted by atomic mass is 10.3. The summed E-state index contributed by atoms with van der Waals surface area (Å²) in [6, 6.07) is 3.52. The third kappa shape index (κ3) is 1.06. The van der Waals surface area contributed by atoms with Crippen molar-refractivity contribution in [2.75, 3.05) is 0 Å². The van der Waals surface area contributed by atoms with E-state index < -0.39 is 0 Å². The van der Waals surface area contributed by atoms with Crippen molar-refractivity contribution >= 4 is 5.69 Å². The zero-order valence-corrected chi connectivity index (χ0v) is 5.13. The summed E-state index contributed by atoms with van der Waals surface area (Å²) < 4.78 is 0. The van der Waals surface area contributed by atoms with E-state index in [0.717, 1.165) is 5.69 Å². The van der Waals surface area contributed by atoms with Crippen LogP contribution in [0.1, 0.15) is 5.69 Å². The molecule has 0 atom stereocenters. The number of rotatable bonds is 0. The Balaban J connectivity index is 3.20. The maximum atomic E-state index is 6.67. The van der Waals surface area contributed by atoms with Crippen molar-refractivity contribution in [3.63, 3.8) is 0 Å². The maximum absolute atomic E-state index is 6.67. The summed E-state index contributed by atoms with van der Waals surface area (Å²) in [6.45, 7) is 8.50. The predicted octanol–water partition coefficient (Wildman–Crippen LogP) is 1.94. The quantitative estimate of drug-likeness (QED) is 0.476. The molecule has 2 nitrogen and oxygen atoms in total. The van der Waals surface area contributed by atoms with Gasteiger partial charge in [-0.2, -0.15) is 0 Å². The molecule has 9 heavy (non-hydrogen) atoms. The number of hydrogen-bond donors (Lipinski definition) is 0. The third-order valence-electron chi connectivity index (χ3n) is 1.10. The van der Waals surface area contributed by atoms with Gasteiger partial charge in [0.2, 0.25) is 5.69 Å². The second-order valence-corrected chi connectivity index (χ2v) is 1.72. The first kappa shape index (κ1) is 5.77. The molecule has 0 N–H and O–H groups in total. The van der Waals surface area contributed by atoms with Crippen LogP contribution in [-0.4, -0.2) is 4.98 Å². The van der Waals surface area contributed by atoms with Crippen LogP contribution in [0.25, 0.3) is 4.85 Å². The minimum absolute atomic E-state index is 0.637. The van der Waals surface area contributed by atoms with E-state index in [-0.39, 0.29) is 0 Å². The zero-order valence-electron chi connectivity index (χ0n) is 5.13. The van der Waals surface area contributed by atoms with Gasteiger partial charge in [-0.25, -0.2) is 4.85 Å². The average Bonchev–Trinajstić information content (AvgIpc) is 1.89. The Morgan fingerprint density at radius 2 is 2.44 bits per heavy atom. The first-order valence-electron chi connectivity index (χ1n) is 2.63. The smallest absolute Gasteiger partial charge is 0.207 e. The molecule has 0 saturated heterocycles. The van der Waals surface area contributed by atoms with Gasteiger partial charge in [-0.3, -0.25) is 4.98 Å². The topological polar surface area (TPSA) is 17.2 Å². The van der Waals surface area contributed by atoms with E-state index in [2.05, 4.69) is 9.83 Å². The van der Waals surface area contributed by atoms with E-state index in [1.807, 2.05) is 6.92 Å². The van der Waals surface area contributed by atoms with Crippen molar-refractivity contribution in [1.29, 1.82) is 0 Å². The number of aryl methyl sites for hydroxylation is 1. The van der Waals surface area contributed by atoms with Gasteiger partial charge >= 0.3 is 0 Å². The summed E-state index contributed by atoms with van der Waals surface area (Å²) in [4.78, 5) is 7.19. The molecular weight excluding hydrogens is 112 g/mol. The maximum Gasteiger partial charge on any atom is 0.207 e. The fourth-order valence-electron chi connectivity index (χ4n) is 0.594. The zero-order chi connectivity index (χ0) is 6.69. The summed E-state index contributed by atoms with van der Waals surface area (Å²) >= 11 is 0. The lowest BCUT2D eigenvalue weighted by Crippen LogP contribution is -1.75. The van der Waals surface area contributed by atoms with Crippen LogP contribution in [-0.2, 0) is 0 Å². The first-order chi connectivity index (χ1) is 4.34. The normalized spacial score (nSPS) is 8.44. The van der Waals surface area contributed by atoms with E-state index >= 15 is 0 Å². The van der Waals surface area contributed by atoms with Crippen molar-refractivity contribution < 1.29 is 0 Å². The van der Waals surface area contributed by atoms with Crippen molar-refractivity contribution in [1.82, 2.24) is 4.98 Å². The van der Waals surface area contributed by atoms with Crippen LogP contribution in [0.2, 0.25) is 0 Å². The molecule has 2 heteroatoms. The summed E-state index contributed by atoms with van der Waals surface area (Å²) in [6.07, 6.45) is 1.68. The van der Waals surface area contributed by atoms with Crippen LogP contribution in [0.15, 0.2) is 18.3 Å². The van der Waals surface area contributed by atoms with Crippen molar-refractivity contribution in [2.45, 2.75) is 6.92 Å². The van der Waals surface area contributed by atoms with Crippen LogP contribution < -0.4 is 0 Å². The Morgan fingerprint density at radius 3 is 2.89 bits per heavy atom. The Bertz CT molecular complexity index is 247. The molecule has 0 radical (unpaired) electrons. The van der Waals surface area contributed by atoms with E-state index in [1.165, 1.54) is 0 Å². The molecule has 0 spiro atoms. The van der Waals surface area contributed by atoms with Gasteiger partial charge < -0.3 is 0 Å². The lowest BCUT2D eigenvalue weighted by Gasteiger charge is -1.90. The fourth-order valence-corrected chi connectivity index (χ4v) is 0.594. The lowest BCUT2D eigenvalue weighted by molar-refractivity contribution is 1.21. The van der Waals surface area contributed by atoms with Gasteiger partial charge in [0, 0.05) is 11.9 Å². The first-order valence-corrected chi connectivity index (χ1v) is 2.63. The van der Waals surface area contributed by atoms with Gasteiger partial charge in [0.25, 0.3) is 0 Å². The molecule has 1 heterocycles. The molecule has 0 aliphatic carbocycles. The summed E-state index contributed by atoms with van der Waals surface area (Å²) in [5.74, 6) is 0. The molecule has 0 bridgehead atoms. The molecule has 0 amide bonds. The molecule has 1 aromatic rings. The molecule has 44 valence electrons. The van der Waals surface area contributed by atoms with Gasteiger partial charge in [-0.05, 0) is 6.92 Å². The standard InChI is InChI=1S/C7H6N2/c1-6-7(8-2)4-3-5-9-6/h3-5H,1H3. The monoisotopic (exact) mass is 118 g/mol. The van der Waals surface area contributed by atoms with Crippen molar-refractivity contribution in [3.05, 3.63) is 35.4 Å². The van der Waals surface area contributed by atoms with Crippen molar-refractivity contribution in [2.24, 2.45) is 0 Å². The van der Waals surface area contributed by atoms with Crippen LogP contribution in [0.4, 0.5) is 5.69 Å². The van der Waals surface area contributed by atoms with Gasteiger partial charge in [0.05, 0.1) is 6.57 Å². The highest BCUT2D eigenvalue weighted by Crippen LogP contribution is 2.12. The van der Waals surface area contributed by atoms with Gasteiger partial charge in [0.1, 0.15) is 0 Å². The van der Waals surface area contributed by atoms with E-state index in [0.29, 0.717) is 5.69 Å². The Hall–Kier alpha value is -1.36. The SMILES string of the molecule is [C-]#[N+]c1cccnc1C. The summed E-state index contributed by atoms with van der Waals surface area (Å²) in [5, 5.41) is 0. The molecule has 0 fully saturated rings. The third-order valence-corrected chi connectivity index (χ3v) is 1.10. The van der Waals surface area contributed by atoms with E-state index in [4.69, 9.17) is 6.57 Å². The number of hydrogen-bond acceptors (Lipinski definition) is 1. The van der Waals surface area contributed by atoms with Crippen LogP contribution in [0.5, 0.6) is 0 Å². The largest absolute Gasteiger partial charge is 0.273 e. The van der Waals surface area contributed by atoms with E-state index in [1.54, 1.807) is 18.3 Å². The van der Waals surface area contributed by atoms with Crippen LogP contribution in [0.3, 0.4) is 0 Å². The number of pyridine rings is 1. The molecular formula is C7H6N2. The van der Waals surface area contributed by atoms with Gasteiger partial charge in [0.15, 0.2) is 0 Å². The average molecular weight is 118 g/mol. The highest BCUT2D eigenvalue weighted by molar-refractivity contribution is 5.47. The molecule has 1 rings (SSSR count). The highest BCUT2D eigenvalue weighted by atomic mass is 14.7. The number of aromatic nitrogens is 1. The Labute approximate surface area is 54.0 Å². The van der Waals surface area contributed by atoms with Crippen LogP contribution in [0, 0.1) is 13.5 Å². The Kier molecular flexibility index (Phi) is 1.46. The minimum Gasteiger partial charge on any atom is -0.273 e. The van der Waals surface area contributed by atoms with Crippen LogP contribution >= 0.6 is 0 Å². The molecule has 0 saturated carbocycles. The molecule has 0 aliphatic rings. The van der Waals surface area contributed by atoms with Gasteiger partial charge in [-0.1, -0.05) is 12.1 Å².